The zero-order valence-corrected chi connectivity index (χ0v) is 11.3. The van der Waals surface area contributed by atoms with Crippen LogP contribution < -0.4 is 5.73 Å². The normalized spacial score (nSPS) is 9.91. The first kappa shape index (κ1) is 13.3. The summed E-state index contributed by atoms with van der Waals surface area (Å²) in [6.07, 6.45) is 2.86. The molecule has 0 radical (unpaired) electrons. The summed E-state index contributed by atoms with van der Waals surface area (Å²) in [6.45, 7) is 0. The van der Waals surface area contributed by atoms with Gasteiger partial charge in [-0.05, 0) is 0 Å². The third-order valence-electron chi connectivity index (χ3n) is 3.01. The Morgan fingerprint density at radius 2 is 1.77 bits per heavy atom. The lowest BCUT2D eigenvalue weighted by molar-refractivity contribution is 0.812. The molecule has 3 aromatic rings. The molecule has 2 N–H and O–H groups in total. The van der Waals surface area contributed by atoms with Gasteiger partial charge in [0.05, 0.1) is 18.0 Å². The fourth-order valence-electron chi connectivity index (χ4n) is 1.95. The van der Waals surface area contributed by atoms with Crippen molar-refractivity contribution < 1.29 is 0 Å². The van der Waals surface area contributed by atoms with Crippen LogP contribution in [-0.2, 0) is 0 Å². The van der Waals surface area contributed by atoms with Gasteiger partial charge in [-0.1, -0.05) is 30.3 Å². The third kappa shape index (κ3) is 2.23. The third-order valence-corrected chi connectivity index (χ3v) is 3.01. The molecule has 0 fully saturated rings. The highest BCUT2D eigenvalue weighted by Gasteiger charge is 2.14. The average Bonchev–Trinajstić information content (AvgIpc) is 3.00. The summed E-state index contributed by atoms with van der Waals surface area (Å²) in [6, 6.07) is 13.3. The Hall–Kier alpha value is -3.71. The molecular weight excluding hydrogens is 278 g/mol. The number of nitrogen functional groups attached to an aromatic ring is 1. The SMILES string of the molecule is N#Cc1cnc(-n2cc(C#N)c(-c3ccccc3)n2)nc1N. The maximum Gasteiger partial charge on any atom is 0.252 e. The highest BCUT2D eigenvalue weighted by molar-refractivity contribution is 5.66. The van der Waals surface area contributed by atoms with Crippen molar-refractivity contribution in [2.24, 2.45) is 0 Å². The molecule has 3 rings (SSSR count). The molecule has 0 atom stereocenters. The molecule has 104 valence electrons. The molecule has 2 heterocycles. The van der Waals surface area contributed by atoms with E-state index < -0.39 is 0 Å². The lowest BCUT2D eigenvalue weighted by Crippen LogP contribution is -2.05. The van der Waals surface area contributed by atoms with E-state index in [2.05, 4.69) is 21.1 Å². The smallest absolute Gasteiger partial charge is 0.252 e. The summed E-state index contributed by atoms with van der Waals surface area (Å²) >= 11 is 0. The van der Waals surface area contributed by atoms with E-state index in [-0.39, 0.29) is 17.3 Å². The number of rotatable bonds is 2. The molecule has 0 saturated carbocycles. The highest BCUT2D eigenvalue weighted by Crippen LogP contribution is 2.22. The fraction of sp³-hybridized carbons (Fsp3) is 0. The standard InChI is InChI=1S/C15H9N7/c16-6-11-8-19-15(20-14(11)18)22-9-12(7-17)13(21-22)10-4-2-1-3-5-10/h1-5,8-9H,(H2,18,19,20). The minimum atomic E-state index is 0.0720. The lowest BCUT2D eigenvalue weighted by atomic mass is 10.1. The van der Waals surface area contributed by atoms with Crippen LogP contribution in [0.4, 0.5) is 5.82 Å². The molecule has 1 aromatic carbocycles. The van der Waals surface area contributed by atoms with Crippen molar-refractivity contribution in [2.45, 2.75) is 0 Å². The van der Waals surface area contributed by atoms with Crippen LogP contribution in [0.2, 0.25) is 0 Å². The van der Waals surface area contributed by atoms with Gasteiger partial charge in [0, 0.05) is 5.56 Å². The van der Waals surface area contributed by atoms with Crippen molar-refractivity contribution in [1.29, 1.82) is 10.5 Å². The topological polar surface area (TPSA) is 117 Å². The molecule has 0 aliphatic carbocycles. The molecule has 0 bridgehead atoms. The summed E-state index contributed by atoms with van der Waals surface area (Å²) in [5, 5.41) is 22.5. The van der Waals surface area contributed by atoms with Crippen LogP contribution in [0.15, 0.2) is 42.7 Å². The molecule has 0 aliphatic rings. The van der Waals surface area contributed by atoms with Crippen molar-refractivity contribution in [1.82, 2.24) is 19.7 Å². The molecule has 0 spiro atoms. The van der Waals surface area contributed by atoms with Crippen molar-refractivity contribution >= 4 is 5.82 Å². The van der Waals surface area contributed by atoms with E-state index in [1.54, 1.807) is 0 Å². The van der Waals surface area contributed by atoms with Crippen LogP contribution in [0.5, 0.6) is 0 Å². The minimum Gasteiger partial charge on any atom is -0.382 e. The quantitative estimate of drug-likeness (QED) is 0.765. The predicted octanol–water partition coefficient (Wildman–Crippen LogP) is 1.65. The van der Waals surface area contributed by atoms with Gasteiger partial charge < -0.3 is 5.73 Å². The number of nitrogens with zero attached hydrogens (tertiary/aromatic N) is 6. The van der Waals surface area contributed by atoms with Crippen LogP contribution in [0.1, 0.15) is 11.1 Å². The van der Waals surface area contributed by atoms with Crippen LogP contribution in [0, 0.1) is 22.7 Å². The predicted molar refractivity (Wildman–Crippen MR) is 78.4 cm³/mol. The maximum atomic E-state index is 9.26. The summed E-state index contributed by atoms with van der Waals surface area (Å²) in [5.74, 6) is 0.276. The first-order valence-electron chi connectivity index (χ1n) is 6.31. The fourth-order valence-corrected chi connectivity index (χ4v) is 1.95. The number of hydrogen-bond acceptors (Lipinski definition) is 6. The number of aromatic nitrogens is 4. The maximum absolute atomic E-state index is 9.26. The van der Waals surface area contributed by atoms with E-state index >= 15 is 0 Å². The number of hydrogen-bond donors (Lipinski definition) is 1. The zero-order chi connectivity index (χ0) is 15.5. The Morgan fingerprint density at radius 3 is 2.41 bits per heavy atom. The van der Waals surface area contributed by atoms with Crippen molar-refractivity contribution in [2.75, 3.05) is 5.73 Å². The summed E-state index contributed by atoms with van der Waals surface area (Å²) in [4.78, 5) is 8.07. The van der Waals surface area contributed by atoms with Gasteiger partial charge in [-0.3, -0.25) is 0 Å². The molecular formula is C15H9N7. The van der Waals surface area contributed by atoms with E-state index in [4.69, 9.17) is 11.0 Å². The Morgan fingerprint density at radius 1 is 1.05 bits per heavy atom. The zero-order valence-electron chi connectivity index (χ0n) is 11.3. The van der Waals surface area contributed by atoms with Crippen LogP contribution in [0.3, 0.4) is 0 Å². The minimum absolute atomic E-state index is 0.0720. The highest BCUT2D eigenvalue weighted by atomic mass is 15.3. The van der Waals surface area contributed by atoms with Gasteiger partial charge >= 0.3 is 0 Å². The number of anilines is 1. The monoisotopic (exact) mass is 287 g/mol. The first-order valence-corrected chi connectivity index (χ1v) is 6.31. The molecule has 0 saturated heterocycles. The van der Waals surface area contributed by atoms with Gasteiger partial charge in [-0.15, -0.1) is 0 Å². The molecule has 2 aromatic heterocycles. The summed E-state index contributed by atoms with van der Waals surface area (Å²) in [7, 11) is 0. The molecule has 0 aliphatic heterocycles. The van der Waals surface area contributed by atoms with Gasteiger partial charge in [0.1, 0.15) is 29.2 Å². The Labute approximate surface area is 125 Å². The van der Waals surface area contributed by atoms with Gasteiger partial charge in [0.2, 0.25) is 0 Å². The van der Waals surface area contributed by atoms with Crippen LogP contribution >= 0.6 is 0 Å². The lowest BCUT2D eigenvalue weighted by Gasteiger charge is -2.01. The Bertz CT molecular complexity index is 913. The molecule has 0 amide bonds. The summed E-state index contributed by atoms with van der Waals surface area (Å²) < 4.78 is 1.37. The summed E-state index contributed by atoms with van der Waals surface area (Å²) in [5.41, 5.74) is 7.63. The molecule has 7 heteroatoms. The van der Waals surface area contributed by atoms with E-state index in [9.17, 15) is 5.26 Å². The second kappa shape index (κ2) is 5.35. The van der Waals surface area contributed by atoms with Gasteiger partial charge in [0.25, 0.3) is 5.95 Å². The van der Waals surface area contributed by atoms with Gasteiger partial charge in [-0.2, -0.15) is 20.6 Å². The van der Waals surface area contributed by atoms with E-state index in [0.717, 1.165) is 5.56 Å². The Kier molecular flexibility index (Phi) is 3.23. The van der Waals surface area contributed by atoms with Crippen molar-refractivity contribution in [3.05, 3.63) is 53.9 Å². The van der Waals surface area contributed by atoms with E-state index in [1.165, 1.54) is 17.1 Å². The second-order valence-electron chi connectivity index (χ2n) is 4.39. The van der Waals surface area contributed by atoms with E-state index in [0.29, 0.717) is 11.3 Å². The average molecular weight is 287 g/mol. The van der Waals surface area contributed by atoms with Crippen molar-refractivity contribution in [3.8, 4) is 29.3 Å². The number of benzene rings is 1. The van der Waals surface area contributed by atoms with Crippen molar-refractivity contribution in [3.63, 3.8) is 0 Å². The molecule has 22 heavy (non-hydrogen) atoms. The van der Waals surface area contributed by atoms with Gasteiger partial charge in [0.15, 0.2) is 0 Å². The van der Waals surface area contributed by atoms with Crippen LogP contribution in [0.25, 0.3) is 17.2 Å². The molecule has 7 nitrogen and oxygen atoms in total. The first-order chi connectivity index (χ1) is 10.7. The van der Waals surface area contributed by atoms with Gasteiger partial charge in [-0.25, -0.2) is 9.67 Å². The van der Waals surface area contributed by atoms with E-state index in [1.807, 2.05) is 36.4 Å². The largest absolute Gasteiger partial charge is 0.382 e. The van der Waals surface area contributed by atoms with Crippen LogP contribution in [-0.4, -0.2) is 19.7 Å². The Balaban J connectivity index is 2.11. The number of nitrogens with two attached hydrogens (primary N) is 1. The second-order valence-corrected chi connectivity index (χ2v) is 4.39. The molecule has 0 unspecified atom stereocenters. The number of nitriles is 2.